The molecule has 0 unspecified atom stereocenters. The average Bonchev–Trinajstić information content (AvgIpc) is 3.68. The van der Waals surface area contributed by atoms with Gasteiger partial charge in [-0.15, -0.1) is 0 Å². The molecule has 1 aliphatic carbocycles. The number of imidazole rings is 2. The Kier molecular flexibility index (Phi) is 14.9. The van der Waals surface area contributed by atoms with E-state index in [9.17, 15) is 0 Å². The van der Waals surface area contributed by atoms with Gasteiger partial charge in [0.05, 0.1) is 6.33 Å². The number of rotatable bonds is 12. The van der Waals surface area contributed by atoms with Crippen LogP contribution in [-0.2, 0) is 6.42 Å². The summed E-state index contributed by atoms with van der Waals surface area (Å²) in [5.41, 5.74) is -0.0540. The van der Waals surface area contributed by atoms with Crippen molar-refractivity contribution >= 4 is 12.4 Å². The highest BCUT2D eigenvalue weighted by Crippen LogP contribution is 2.40. The predicted molar refractivity (Wildman–Crippen MR) is 145 cm³/mol. The minimum atomic E-state index is -0.0540. The highest BCUT2D eigenvalue weighted by Gasteiger charge is 2.38. The molecule has 1 aliphatic heterocycles. The minimum absolute atomic E-state index is 0.0540. The van der Waals surface area contributed by atoms with Crippen LogP contribution in [0.3, 0.4) is 0 Å². The molecular weight excluding hydrogens is 420 g/mol. The first-order chi connectivity index (χ1) is 16.8. The second kappa shape index (κ2) is 18.1. The predicted octanol–water partition coefficient (Wildman–Crippen LogP) is 7.72. The van der Waals surface area contributed by atoms with Crippen molar-refractivity contribution in [2.75, 3.05) is 0 Å². The highest BCUT2D eigenvalue weighted by molar-refractivity contribution is 6.17. The van der Waals surface area contributed by atoms with Crippen molar-refractivity contribution in [3.05, 3.63) is 36.9 Å². The summed E-state index contributed by atoms with van der Waals surface area (Å²) in [7, 11) is 0. The van der Waals surface area contributed by atoms with Crippen molar-refractivity contribution < 1.29 is 0 Å². The topological polar surface area (TPSA) is 82.1 Å². The molecule has 4 rings (SSSR count). The van der Waals surface area contributed by atoms with E-state index in [0.29, 0.717) is 5.92 Å². The molecule has 1 fully saturated rings. The van der Waals surface area contributed by atoms with Crippen molar-refractivity contribution in [2.24, 2.45) is 15.9 Å². The fourth-order valence-corrected chi connectivity index (χ4v) is 4.87. The van der Waals surface area contributed by atoms with Crippen LogP contribution in [0.15, 0.2) is 41.1 Å². The van der Waals surface area contributed by atoms with Crippen LogP contribution >= 0.6 is 0 Å². The van der Waals surface area contributed by atoms with Gasteiger partial charge >= 0.3 is 0 Å². The van der Waals surface area contributed by atoms with Gasteiger partial charge in [0.1, 0.15) is 5.82 Å². The lowest BCUT2D eigenvalue weighted by Gasteiger charge is -2.35. The van der Waals surface area contributed by atoms with Gasteiger partial charge in [-0.1, -0.05) is 84.5 Å². The summed E-state index contributed by atoms with van der Waals surface area (Å²) in [6.07, 6.45) is 34.2. The molecule has 2 aromatic heterocycles. The molecule has 190 valence electrons. The maximum atomic E-state index is 4.81. The third-order valence-corrected chi connectivity index (χ3v) is 6.87. The zero-order chi connectivity index (χ0) is 24.2. The van der Waals surface area contributed by atoms with Gasteiger partial charge in [0.25, 0.3) is 0 Å². The Morgan fingerprint density at radius 3 is 1.97 bits per heavy atom. The van der Waals surface area contributed by atoms with E-state index in [1.54, 1.807) is 24.9 Å². The summed E-state index contributed by atoms with van der Waals surface area (Å²) >= 11 is 0. The zero-order valence-corrected chi connectivity index (χ0v) is 21.7. The fourth-order valence-electron chi connectivity index (χ4n) is 4.87. The fraction of sp³-hybridized carbons (Fsp3) is 0.714. The second-order valence-corrected chi connectivity index (χ2v) is 9.50. The molecule has 2 N–H and O–H groups in total. The maximum Gasteiger partial charge on any atom is 0.152 e. The van der Waals surface area contributed by atoms with Crippen LogP contribution in [0.25, 0.3) is 0 Å². The zero-order valence-electron chi connectivity index (χ0n) is 21.7. The molecule has 0 radical (unpaired) electrons. The van der Waals surface area contributed by atoms with E-state index in [2.05, 4.69) is 33.8 Å². The summed E-state index contributed by atoms with van der Waals surface area (Å²) in [5.74, 6) is 1.77. The number of H-pyrrole nitrogens is 2. The third kappa shape index (κ3) is 11.3. The molecule has 0 atom stereocenters. The number of aromatic nitrogens is 4. The van der Waals surface area contributed by atoms with Crippen molar-refractivity contribution in [3.63, 3.8) is 0 Å². The number of aromatic amines is 2. The van der Waals surface area contributed by atoms with E-state index in [0.717, 1.165) is 12.2 Å². The molecule has 6 nitrogen and oxygen atoms in total. The van der Waals surface area contributed by atoms with Gasteiger partial charge in [-0.2, -0.15) is 0 Å². The number of nitrogens with zero attached hydrogens (tertiary/aromatic N) is 4. The van der Waals surface area contributed by atoms with Crippen molar-refractivity contribution in [1.82, 2.24) is 19.9 Å². The van der Waals surface area contributed by atoms with E-state index in [4.69, 9.17) is 9.98 Å². The summed E-state index contributed by atoms with van der Waals surface area (Å²) in [5, 5.41) is 0. The normalized spacial score (nSPS) is 16.5. The smallest absolute Gasteiger partial charge is 0.152 e. The SMILES string of the molecule is CCCCCCCCCCCC1(C2CCCCC2)N=CC=N1.CCc1ncc[nH]1.c1c[nH]cn1. The van der Waals surface area contributed by atoms with E-state index >= 15 is 0 Å². The van der Waals surface area contributed by atoms with Crippen molar-refractivity contribution in [3.8, 4) is 0 Å². The van der Waals surface area contributed by atoms with Gasteiger partial charge in [-0.25, -0.2) is 9.97 Å². The Balaban J connectivity index is 0.000000274. The standard InChI is InChI=1S/C20H36N2.C5H8N2.C3H4N2/c1-2-3-4-5-6-7-8-9-13-16-20(21-17-18-22-20)19-14-11-10-12-15-19;1-2-5-6-3-4-7-5;1-2-5-3-4-1/h17-19H,2-16H2,1H3;3-4H,2H2,1H3,(H,6,7);1-3H,(H,4,5). The number of hydrogen-bond donors (Lipinski definition) is 2. The Morgan fingerprint density at radius 1 is 0.824 bits per heavy atom. The molecule has 1 saturated carbocycles. The highest BCUT2D eigenvalue weighted by atomic mass is 15.1. The largest absolute Gasteiger partial charge is 0.351 e. The Hall–Kier alpha value is -2.24. The van der Waals surface area contributed by atoms with Gasteiger partial charge in [-0.3, -0.25) is 9.98 Å². The first kappa shape index (κ1) is 28.0. The molecule has 0 bridgehead atoms. The van der Waals surface area contributed by atoms with Gasteiger partial charge < -0.3 is 9.97 Å². The lowest BCUT2D eigenvalue weighted by molar-refractivity contribution is 0.202. The summed E-state index contributed by atoms with van der Waals surface area (Å²) in [6.45, 7) is 4.36. The molecule has 2 aliphatic rings. The van der Waals surface area contributed by atoms with Gasteiger partial charge in [-0.05, 0) is 25.7 Å². The van der Waals surface area contributed by atoms with Crippen LogP contribution in [0.1, 0.15) is 116 Å². The maximum absolute atomic E-state index is 4.81. The van der Waals surface area contributed by atoms with Crippen LogP contribution < -0.4 is 0 Å². The average molecular weight is 469 g/mol. The summed E-state index contributed by atoms with van der Waals surface area (Å²) in [6, 6.07) is 0. The molecule has 6 heteroatoms. The molecule has 0 aromatic carbocycles. The lowest BCUT2D eigenvalue weighted by atomic mass is 9.78. The first-order valence-corrected chi connectivity index (χ1v) is 13.8. The lowest BCUT2D eigenvalue weighted by Crippen LogP contribution is -2.34. The molecule has 0 amide bonds. The quantitative estimate of drug-likeness (QED) is 0.313. The molecule has 2 aromatic rings. The Labute approximate surface area is 207 Å². The van der Waals surface area contributed by atoms with Crippen LogP contribution in [0.5, 0.6) is 0 Å². The summed E-state index contributed by atoms with van der Waals surface area (Å²) in [4.78, 5) is 23.0. The van der Waals surface area contributed by atoms with Crippen LogP contribution in [0, 0.1) is 5.92 Å². The number of nitrogens with one attached hydrogen (secondary N) is 2. The van der Waals surface area contributed by atoms with E-state index in [1.807, 2.05) is 18.6 Å². The summed E-state index contributed by atoms with van der Waals surface area (Å²) < 4.78 is 0. The van der Waals surface area contributed by atoms with E-state index in [1.165, 1.54) is 96.3 Å². The molecule has 3 heterocycles. The van der Waals surface area contributed by atoms with Crippen LogP contribution in [-0.4, -0.2) is 38.0 Å². The van der Waals surface area contributed by atoms with Crippen molar-refractivity contribution in [1.29, 1.82) is 0 Å². The van der Waals surface area contributed by atoms with Crippen molar-refractivity contribution in [2.45, 2.75) is 122 Å². The van der Waals surface area contributed by atoms with Crippen LogP contribution in [0.2, 0.25) is 0 Å². The monoisotopic (exact) mass is 468 g/mol. The van der Waals surface area contributed by atoms with E-state index in [-0.39, 0.29) is 5.66 Å². The number of unbranched alkanes of at least 4 members (excludes halogenated alkanes) is 8. The number of aryl methyl sites for hydroxylation is 1. The molecular formula is C28H48N6. The van der Waals surface area contributed by atoms with Gasteiger partial charge in [0, 0.05) is 49.6 Å². The molecule has 34 heavy (non-hydrogen) atoms. The second-order valence-electron chi connectivity index (χ2n) is 9.50. The van der Waals surface area contributed by atoms with Gasteiger partial charge in [0.15, 0.2) is 5.66 Å². The van der Waals surface area contributed by atoms with Crippen LogP contribution in [0.4, 0.5) is 0 Å². The third-order valence-electron chi connectivity index (χ3n) is 6.87. The molecule has 0 spiro atoms. The van der Waals surface area contributed by atoms with Gasteiger partial charge in [0.2, 0.25) is 0 Å². The first-order valence-electron chi connectivity index (χ1n) is 13.8. The Morgan fingerprint density at radius 2 is 1.50 bits per heavy atom. The minimum Gasteiger partial charge on any atom is -0.351 e. The number of aliphatic imine (C=N–C) groups is 2. The van der Waals surface area contributed by atoms with E-state index < -0.39 is 0 Å². The molecule has 0 saturated heterocycles. The Bertz CT molecular complexity index is 700. The number of hydrogen-bond acceptors (Lipinski definition) is 4.